The molecule has 230 valence electrons. The third-order valence-corrected chi connectivity index (χ3v) is 10.9. The van der Waals surface area contributed by atoms with E-state index in [-0.39, 0.29) is 0 Å². The summed E-state index contributed by atoms with van der Waals surface area (Å²) in [6, 6.07) is 10.5. The zero-order chi connectivity index (χ0) is 30.0. The van der Waals surface area contributed by atoms with Crippen molar-refractivity contribution >= 4 is 36.2 Å². The summed E-state index contributed by atoms with van der Waals surface area (Å²) < 4.78 is 8.01. The molecule has 43 heavy (non-hydrogen) atoms. The van der Waals surface area contributed by atoms with Crippen LogP contribution in [0, 0.1) is 11.3 Å². The van der Waals surface area contributed by atoms with Crippen molar-refractivity contribution in [2.24, 2.45) is 0 Å². The Morgan fingerprint density at radius 3 is 2.63 bits per heavy atom. The summed E-state index contributed by atoms with van der Waals surface area (Å²) in [6.45, 7) is 15.7. The van der Waals surface area contributed by atoms with Gasteiger partial charge in [-0.1, -0.05) is 25.7 Å². The van der Waals surface area contributed by atoms with Crippen LogP contribution in [-0.4, -0.2) is 93.2 Å². The number of anilines is 3. The molecule has 0 amide bonds. The van der Waals surface area contributed by atoms with E-state index in [1.807, 2.05) is 10.9 Å². The Labute approximate surface area is 257 Å². The summed E-state index contributed by atoms with van der Waals surface area (Å²) in [4.78, 5) is 12.4. The molecule has 2 fully saturated rings. The molecule has 0 bridgehead atoms. The van der Waals surface area contributed by atoms with Gasteiger partial charge in [-0.3, -0.25) is 0 Å². The molecule has 0 saturated carbocycles. The number of hydrogen-bond donors (Lipinski definition) is 2. The van der Waals surface area contributed by atoms with E-state index in [4.69, 9.17) is 14.8 Å². The Morgan fingerprint density at radius 1 is 1.09 bits per heavy atom. The van der Waals surface area contributed by atoms with Gasteiger partial charge in [-0.15, -0.1) is 0 Å². The van der Waals surface area contributed by atoms with Crippen LogP contribution < -0.4 is 20.4 Å². The molecule has 3 aromatic rings. The zero-order valence-electron chi connectivity index (χ0n) is 26.3. The Kier molecular flexibility index (Phi) is 8.91. The predicted octanol–water partition coefficient (Wildman–Crippen LogP) is 4.09. The lowest BCUT2D eigenvalue weighted by Gasteiger charge is -2.37. The molecule has 1 aromatic carbocycles. The number of nitrogens with zero attached hydrogens (tertiary/aromatic N) is 7. The van der Waals surface area contributed by atoms with Crippen LogP contribution in [0.5, 0.6) is 0 Å². The number of piperidine rings is 1. The second-order valence-electron chi connectivity index (χ2n) is 13.6. The normalized spacial score (nSPS) is 18.6. The minimum Gasteiger partial charge on any atom is -0.368 e. The Hall–Kier alpha value is -3.17. The van der Waals surface area contributed by atoms with E-state index in [0.29, 0.717) is 24.9 Å². The van der Waals surface area contributed by atoms with Crippen molar-refractivity contribution in [1.82, 2.24) is 25.0 Å². The maximum atomic E-state index is 10.5. The van der Waals surface area contributed by atoms with Crippen LogP contribution in [0.3, 0.4) is 0 Å². The second-order valence-corrected chi connectivity index (χ2v) is 19.2. The highest BCUT2D eigenvalue weighted by Crippen LogP contribution is 2.38. The fraction of sp³-hybridized carbons (Fsp3) is 0.594. The quantitative estimate of drug-likeness (QED) is 0.278. The number of fused-ring (bicyclic) bond motifs is 2. The molecule has 3 aliphatic rings. The number of rotatable bonds is 9. The number of nitriles is 1. The highest BCUT2D eigenvalue weighted by Gasteiger charge is 2.30. The molecule has 2 aromatic heterocycles. The van der Waals surface area contributed by atoms with E-state index in [2.05, 4.69) is 76.3 Å². The minimum atomic E-state index is -1.13. The van der Waals surface area contributed by atoms with E-state index in [1.54, 1.807) is 0 Å². The summed E-state index contributed by atoms with van der Waals surface area (Å²) in [5.41, 5.74) is 6.40. The average molecular weight is 602 g/mol. The fourth-order valence-corrected chi connectivity index (χ4v) is 7.31. The number of aromatic nitrogens is 3. The lowest BCUT2D eigenvalue weighted by Crippen LogP contribution is -2.45. The minimum absolute atomic E-state index is 0.331. The van der Waals surface area contributed by atoms with Crippen molar-refractivity contribution in [3.63, 3.8) is 0 Å². The number of pyridine rings is 1. The van der Waals surface area contributed by atoms with Gasteiger partial charge in [-0.05, 0) is 57.6 Å². The lowest BCUT2D eigenvalue weighted by atomic mass is 9.96. The Bertz CT molecular complexity index is 1460. The molecule has 2 N–H and O–H groups in total. The number of likely N-dealkylation sites (tertiary alicyclic amines) is 1. The van der Waals surface area contributed by atoms with Gasteiger partial charge < -0.3 is 30.1 Å². The molecule has 0 aliphatic carbocycles. The third-order valence-electron chi connectivity index (χ3n) is 9.15. The van der Waals surface area contributed by atoms with Crippen molar-refractivity contribution in [2.45, 2.75) is 64.3 Å². The maximum absolute atomic E-state index is 10.5. The fourth-order valence-electron chi connectivity index (χ4n) is 6.55. The Morgan fingerprint density at radius 2 is 1.88 bits per heavy atom. The maximum Gasteiger partial charge on any atom is 0.146 e. The summed E-state index contributed by atoms with van der Waals surface area (Å²) in [6.07, 6.45) is 4.95. The first kappa shape index (κ1) is 29.9. The van der Waals surface area contributed by atoms with E-state index in [1.165, 1.54) is 11.3 Å². The monoisotopic (exact) mass is 601 g/mol. The van der Waals surface area contributed by atoms with Gasteiger partial charge in [0.15, 0.2) is 0 Å². The number of nitrogens with one attached hydrogen (secondary N) is 2. The largest absolute Gasteiger partial charge is 0.368 e. The molecule has 11 heteroatoms. The van der Waals surface area contributed by atoms with Crippen LogP contribution in [0.25, 0.3) is 10.9 Å². The Balaban J connectivity index is 1.29. The van der Waals surface area contributed by atoms with Crippen molar-refractivity contribution in [3.05, 3.63) is 41.2 Å². The molecule has 0 spiro atoms. The summed E-state index contributed by atoms with van der Waals surface area (Å²) in [5, 5.41) is 23.5. The average Bonchev–Trinajstić information content (AvgIpc) is 3.42. The molecule has 6 rings (SSSR count). The summed E-state index contributed by atoms with van der Waals surface area (Å²) in [5.74, 6) is 0.757. The van der Waals surface area contributed by atoms with E-state index in [9.17, 15) is 5.26 Å². The molecular formula is C32H47N9OSi. The highest BCUT2D eigenvalue weighted by molar-refractivity contribution is 6.76. The van der Waals surface area contributed by atoms with Gasteiger partial charge in [-0.25, -0.2) is 9.67 Å². The van der Waals surface area contributed by atoms with Crippen LogP contribution in [-0.2, 0) is 24.4 Å². The molecule has 2 saturated heterocycles. The first-order valence-electron chi connectivity index (χ1n) is 15.9. The zero-order valence-corrected chi connectivity index (χ0v) is 27.3. The second kappa shape index (κ2) is 12.8. The number of benzene rings is 1. The van der Waals surface area contributed by atoms with Crippen LogP contribution in [0.2, 0.25) is 25.7 Å². The van der Waals surface area contributed by atoms with Gasteiger partial charge in [0.25, 0.3) is 0 Å². The first-order valence-corrected chi connectivity index (χ1v) is 19.7. The lowest BCUT2D eigenvalue weighted by molar-refractivity contribution is 0.0817. The molecule has 0 radical (unpaired) electrons. The molecule has 10 nitrogen and oxygen atoms in total. The molecular weight excluding hydrogens is 555 g/mol. The first-order chi connectivity index (χ1) is 20.8. The van der Waals surface area contributed by atoms with Crippen LogP contribution in [0.15, 0.2) is 24.4 Å². The molecule has 0 unspecified atom stereocenters. The number of piperazine rings is 1. The van der Waals surface area contributed by atoms with Gasteiger partial charge in [0.05, 0.1) is 29.6 Å². The highest BCUT2D eigenvalue weighted by atomic mass is 28.3. The predicted molar refractivity (Wildman–Crippen MR) is 177 cm³/mol. The number of hydrogen-bond acceptors (Lipinski definition) is 9. The molecule has 3 aliphatic heterocycles. The third kappa shape index (κ3) is 6.67. The van der Waals surface area contributed by atoms with Crippen LogP contribution in [0.4, 0.5) is 17.2 Å². The topological polar surface area (TPSA) is 97.5 Å². The van der Waals surface area contributed by atoms with Gasteiger partial charge in [0.2, 0.25) is 0 Å². The van der Waals surface area contributed by atoms with Crippen molar-refractivity contribution in [1.29, 1.82) is 5.26 Å². The van der Waals surface area contributed by atoms with Gasteiger partial charge >= 0.3 is 0 Å². The van der Waals surface area contributed by atoms with E-state index < -0.39 is 8.07 Å². The van der Waals surface area contributed by atoms with Crippen molar-refractivity contribution in [2.75, 3.05) is 74.6 Å². The van der Waals surface area contributed by atoms with Crippen LogP contribution >= 0.6 is 0 Å². The molecule has 5 heterocycles. The smallest absolute Gasteiger partial charge is 0.146 e. The van der Waals surface area contributed by atoms with Gasteiger partial charge in [-0.2, -0.15) is 10.4 Å². The SMILES string of the molecule is CN1CCC(Nc2nc3c(c(N4CCNCC4)c2C#N)CCN(c2cccc4c2cnn4COCC[Si](C)(C)C)C3)CC1. The van der Waals surface area contributed by atoms with Crippen molar-refractivity contribution in [3.8, 4) is 6.07 Å². The van der Waals surface area contributed by atoms with Gasteiger partial charge in [0.1, 0.15) is 24.2 Å². The summed E-state index contributed by atoms with van der Waals surface area (Å²) in [7, 11) is 1.05. The summed E-state index contributed by atoms with van der Waals surface area (Å²) >= 11 is 0. The molecule has 0 atom stereocenters. The van der Waals surface area contributed by atoms with E-state index in [0.717, 1.165) is 106 Å². The number of ether oxygens (including phenoxy) is 1. The van der Waals surface area contributed by atoms with Crippen molar-refractivity contribution < 1.29 is 4.74 Å². The van der Waals surface area contributed by atoms with E-state index >= 15 is 0 Å². The standard InChI is InChI=1S/C32H47N9OSi/c1-38-13-8-24(9-14-38)36-32-26(20-33)31(39-16-11-34-12-17-39)25-10-15-40(22-28(25)37-32)29-6-5-7-30-27(29)21-35-41(30)23-42-18-19-43(2,3)4/h5-7,21,24,34H,8-19,22-23H2,1-4H3,(H,36,37). The van der Waals surface area contributed by atoms with Gasteiger partial charge in [0, 0.05) is 70.1 Å². The van der Waals surface area contributed by atoms with Crippen LogP contribution in [0.1, 0.15) is 29.7 Å².